The highest BCUT2D eigenvalue weighted by Crippen LogP contribution is 2.28. The monoisotopic (exact) mass is 320 g/mol. The molecule has 4 N–H and O–H groups in total. The standard InChI is InChI=1S/C14H16N4O5/c1-8(13(21)22)16-11(19)6-15-14(23)18-7-12(20)17-9-4-2-3-5-10(9)18/h2-5,8H,6-7H2,1H3,(H,15,23)(H,16,19)(H,17,20)(H,21,22)/t8-/m1/s1. The largest absolute Gasteiger partial charge is 0.480 e. The third kappa shape index (κ3) is 3.96. The summed E-state index contributed by atoms with van der Waals surface area (Å²) in [5, 5.41) is 15.9. The van der Waals surface area contributed by atoms with E-state index in [9.17, 15) is 19.2 Å². The van der Waals surface area contributed by atoms with Crippen LogP contribution in [0.1, 0.15) is 6.92 Å². The summed E-state index contributed by atoms with van der Waals surface area (Å²) >= 11 is 0. The molecule has 0 spiro atoms. The van der Waals surface area contributed by atoms with Gasteiger partial charge in [0.25, 0.3) is 0 Å². The summed E-state index contributed by atoms with van der Waals surface area (Å²) in [6.07, 6.45) is 0. The molecule has 9 nitrogen and oxygen atoms in total. The molecule has 0 bridgehead atoms. The molecule has 122 valence electrons. The zero-order chi connectivity index (χ0) is 17.0. The number of benzene rings is 1. The van der Waals surface area contributed by atoms with Crippen LogP contribution in [0, 0.1) is 0 Å². The normalized spacial score (nSPS) is 14.3. The molecule has 0 saturated carbocycles. The quantitative estimate of drug-likeness (QED) is 0.608. The summed E-state index contributed by atoms with van der Waals surface area (Å²) in [5.74, 6) is -2.16. The predicted molar refractivity (Wildman–Crippen MR) is 81.1 cm³/mol. The third-order valence-corrected chi connectivity index (χ3v) is 3.16. The summed E-state index contributed by atoms with van der Waals surface area (Å²) in [6.45, 7) is 0.750. The number of fused-ring (bicyclic) bond motifs is 1. The number of anilines is 2. The van der Waals surface area contributed by atoms with Crippen LogP contribution in [0.2, 0.25) is 0 Å². The van der Waals surface area contributed by atoms with Gasteiger partial charge in [-0.1, -0.05) is 12.1 Å². The number of nitrogens with zero attached hydrogens (tertiary/aromatic N) is 1. The van der Waals surface area contributed by atoms with Crippen LogP contribution in [0.15, 0.2) is 24.3 Å². The Hall–Kier alpha value is -3.10. The van der Waals surface area contributed by atoms with Crippen molar-refractivity contribution in [3.63, 3.8) is 0 Å². The first-order valence-electron chi connectivity index (χ1n) is 6.85. The number of carbonyl (C=O) groups is 4. The lowest BCUT2D eigenvalue weighted by molar-refractivity contribution is -0.141. The van der Waals surface area contributed by atoms with Gasteiger partial charge >= 0.3 is 12.0 Å². The van der Waals surface area contributed by atoms with Crippen molar-refractivity contribution in [1.82, 2.24) is 10.6 Å². The average Bonchev–Trinajstić information content (AvgIpc) is 2.51. The van der Waals surface area contributed by atoms with E-state index in [1.165, 1.54) is 11.8 Å². The molecule has 0 saturated heterocycles. The molecule has 0 fully saturated rings. The van der Waals surface area contributed by atoms with Gasteiger partial charge in [-0.15, -0.1) is 0 Å². The molecule has 0 radical (unpaired) electrons. The highest BCUT2D eigenvalue weighted by Gasteiger charge is 2.26. The van der Waals surface area contributed by atoms with Crippen LogP contribution < -0.4 is 20.9 Å². The second-order valence-corrected chi connectivity index (χ2v) is 4.94. The van der Waals surface area contributed by atoms with Gasteiger partial charge in [-0.05, 0) is 19.1 Å². The molecular weight excluding hydrogens is 304 g/mol. The number of carbonyl (C=O) groups excluding carboxylic acids is 3. The number of amides is 4. The zero-order valence-electron chi connectivity index (χ0n) is 12.3. The van der Waals surface area contributed by atoms with Crippen LogP contribution in [-0.4, -0.2) is 48.1 Å². The molecule has 1 aromatic rings. The van der Waals surface area contributed by atoms with Crippen molar-refractivity contribution >= 4 is 35.2 Å². The van der Waals surface area contributed by atoms with Gasteiger partial charge in [0.15, 0.2) is 0 Å². The number of hydrogen-bond donors (Lipinski definition) is 4. The number of para-hydroxylation sites is 2. The van der Waals surface area contributed by atoms with Crippen molar-refractivity contribution < 1.29 is 24.3 Å². The van der Waals surface area contributed by atoms with Crippen LogP contribution in [0.25, 0.3) is 0 Å². The molecule has 9 heteroatoms. The summed E-state index contributed by atoms with van der Waals surface area (Å²) in [5.41, 5.74) is 1.02. The van der Waals surface area contributed by atoms with Crippen LogP contribution in [0.5, 0.6) is 0 Å². The summed E-state index contributed by atoms with van der Waals surface area (Å²) in [7, 11) is 0. The number of carboxylic acids is 1. The highest BCUT2D eigenvalue weighted by atomic mass is 16.4. The predicted octanol–water partition coefficient (Wildman–Crippen LogP) is -0.256. The minimum atomic E-state index is -1.17. The molecule has 23 heavy (non-hydrogen) atoms. The zero-order valence-corrected chi connectivity index (χ0v) is 12.3. The Morgan fingerprint density at radius 2 is 2.04 bits per heavy atom. The third-order valence-electron chi connectivity index (χ3n) is 3.16. The highest BCUT2D eigenvalue weighted by molar-refractivity contribution is 6.09. The van der Waals surface area contributed by atoms with E-state index in [2.05, 4.69) is 16.0 Å². The van der Waals surface area contributed by atoms with Crippen LogP contribution in [0.4, 0.5) is 16.2 Å². The van der Waals surface area contributed by atoms with Gasteiger partial charge in [0.2, 0.25) is 11.8 Å². The Morgan fingerprint density at radius 3 is 2.74 bits per heavy atom. The van der Waals surface area contributed by atoms with Gasteiger partial charge in [-0.25, -0.2) is 4.79 Å². The van der Waals surface area contributed by atoms with Crippen molar-refractivity contribution in [1.29, 1.82) is 0 Å². The topological polar surface area (TPSA) is 128 Å². The van der Waals surface area contributed by atoms with Gasteiger partial charge in [0.05, 0.1) is 17.9 Å². The fraction of sp³-hybridized carbons (Fsp3) is 0.286. The molecule has 0 aliphatic carbocycles. The molecule has 4 amide bonds. The first kappa shape index (κ1) is 16.3. The molecular formula is C14H16N4O5. The summed E-state index contributed by atoms with van der Waals surface area (Å²) in [6, 6.07) is 5.10. The van der Waals surface area contributed by atoms with Crippen molar-refractivity contribution in [3.05, 3.63) is 24.3 Å². The van der Waals surface area contributed by atoms with E-state index >= 15 is 0 Å². The smallest absolute Gasteiger partial charge is 0.325 e. The summed E-state index contributed by atoms with van der Waals surface area (Å²) in [4.78, 5) is 47.2. The maximum atomic E-state index is 12.2. The Morgan fingerprint density at radius 1 is 1.35 bits per heavy atom. The maximum Gasteiger partial charge on any atom is 0.325 e. The number of nitrogens with one attached hydrogen (secondary N) is 3. The SMILES string of the molecule is C[C@@H](NC(=O)CNC(=O)N1CC(=O)Nc2ccccc21)C(=O)O. The summed E-state index contributed by atoms with van der Waals surface area (Å²) < 4.78 is 0. The van der Waals surface area contributed by atoms with Gasteiger partial charge in [0.1, 0.15) is 12.6 Å². The number of rotatable bonds is 4. The fourth-order valence-electron chi connectivity index (χ4n) is 2.02. The van der Waals surface area contributed by atoms with Crippen molar-refractivity contribution in [2.45, 2.75) is 13.0 Å². The molecule has 0 aromatic heterocycles. The van der Waals surface area contributed by atoms with E-state index in [1.807, 2.05) is 0 Å². The van der Waals surface area contributed by atoms with E-state index in [0.29, 0.717) is 11.4 Å². The second-order valence-electron chi connectivity index (χ2n) is 4.94. The molecule has 1 aromatic carbocycles. The fourth-order valence-corrected chi connectivity index (χ4v) is 2.02. The lowest BCUT2D eigenvalue weighted by Gasteiger charge is -2.29. The average molecular weight is 320 g/mol. The van der Waals surface area contributed by atoms with E-state index in [1.54, 1.807) is 24.3 Å². The van der Waals surface area contributed by atoms with E-state index in [0.717, 1.165) is 0 Å². The van der Waals surface area contributed by atoms with Crippen LogP contribution in [-0.2, 0) is 14.4 Å². The Labute approximate surface area is 131 Å². The minimum absolute atomic E-state index is 0.171. The second kappa shape index (κ2) is 6.77. The molecule has 1 aliphatic heterocycles. The molecule has 1 aliphatic rings. The first-order chi connectivity index (χ1) is 10.9. The lowest BCUT2D eigenvalue weighted by Crippen LogP contribution is -2.50. The van der Waals surface area contributed by atoms with Crippen LogP contribution in [0.3, 0.4) is 0 Å². The van der Waals surface area contributed by atoms with Crippen molar-refractivity contribution in [3.8, 4) is 0 Å². The maximum absolute atomic E-state index is 12.2. The van der Waals surface area contributed by atoms with Crippen molar-refractivity contribution in [2.75, 3.05) is 23.3 Å². The lowest BCUT2D eigenvalue weighted by atomic mass is 10.2. The first-order valence-corrected chi connectivity index (χ1v) is 6.85. The van der Waals surface area contributed by atoms with Gasteiger partial charge in [-0.2, -0.15) is 0 Å². The molecule has 0 unspecified atom stereocenters. The van der Waals surface area contributed by atoms with Gasteiger partial charge in [-0.3, -0.25) is 19.3 Å². The number of aliphatic carboxylic acids is 1. The number of urea groups is 1. The Kier molecular flexibility index (Phi) is 4.79. The van der Waals surface area contributed by atoms with Crippen molar-refractivity contribution in [2.24, 2.45) is 0 Å². The number of carboxylic acid groups (broad SMARTS) is 1. The van der Waals surface area contributed by atoms with E-state index < -0.39 is 30.5 Å². The minimum Gasteiger partial charge on any atom is -0.480 e. The Bertz CT molecular complexity index is 660. The number of hydrogen-bond acceptors (Lipinski definition) is 4. The molecule has 1 atom stereocenters. The van der Waals surface area contributed by atoms with Gasteiger partial charge in [0, 0.05) is 0 Å². The van der Waals surface area contributed by atoms with Crippen LogP contribution >= 0.6 is 0 Å². The van der Waals surface area contributed by atoms with E-state index in [-0.39, 0.29) is 12.5 Å². The molecule has 2 rings (SSSR count). The molecule has 1 heterocycles. The van der Waals surface area contributed by atoms with E-state index in [4.69, 9.17) is 5.11 Å². The Balaban J connectivity index is 1.97. The van der Waals surface area contributed by atoms with Gasteiger partial charge < -0.3 is 21.1 Å².